The van der Waals surface area contributed by atoms with Gasteiger partial charge in [-0.2, -0.15) is 0 Å². The van der Waals surface area contributed by atoms with Gasteiger partial charge in [-0.05, 0) is 192 Å². The third-order valence-corrected chi connectivity index (χ3v) is 26.0. The first kappa shape index (κ1) is 12.0. The van der Waals surface area contributed by atoms with Gasteiger partial charge in [0.2, 0.25) is 0 Å². The van der Waals surface area contributed by atoms with E-state index in [1.165, 1.54) is 94.7 Å². The molecule has 0 aromatic rings. The standard InChI is InChI=1S/C33H26/c1-2-8-16-9-4-11-18-19-12-5-10-17-14-7-3-6(1)13-20-21-15(7)25(14)27(17)23(10,12)29(19)28(18)22(9,11)26(16)24(8,13)30(20)31(21,25)33(27,29)32(26,28)30/h6-21H,1-5H2. The summed E-state index contributed by atoms with van der Waals surface area (Å²) in [6, 6.07) is 0. The molecule has 0 bridgehead atoms. The lowest BCUT2D eigenvalue weighted by Gasteiger charge is -3.54. The molecule has 21 aliphatic rings. The summed E-state index contributed by atoms with van der Waals surface area (Å²) in [6.45, 7) is 0. The second-order valence-electron chi connectivity index (χ2n) is 20.3. The highest BCUT2D eigenvalue weighted by atomic mass is 15.6. The Balaban J connectivity index is 1.10. The van der Waals surface area contributed by atoms with Crippen LogP contribution >= 0.6 is 0 Å². The molecule has 21 fully saturated rings. The van der Waals surface area contributed by atoms with E-state index in [2.05, 4.69) is 0 Å². The molecule has 0 heterocycles. The summed E-state index contributed by atoms with van der Waals surface area (Å²) >= 11 is 0. The van der Waals surface area contributed by atoms with Crippen molar-refractivity contribution in [1.82, 2.24) is 0 Å². The van der Waals surface area contributed by atoms with Crippen LogP contribution in [-0.4, -0.2) is 0 Å². The fraction of sp³-hybridized carbons (Fsp3) is 1.00. The van der Waals surface area contributed by atoms with E-state index in [1.54, 1.807) is 25.7 Å². The van der Waals surface area contributed by atoms with Gasteiger partial charge in [0, 0.05) is 0 Å². The van der Waals surface area contributed by atoms with Crippen LogP contribution in [0.15, 0.2) is 0 Å². The molecule has 21 aliphatic carbocycles. The largest absolute Gasteiger partial charge is 0.0498 e. The van der Waals surface area contributed by atoms with Gasteiger partial charge in [-0.25, -0.2) is 0 Å². The van der Waals surface area contributed by atoms with Crippen molar-refractivity contribution in [2.24, 2.45) is 160 Å². The van der Waals surface area contributed by atoms with Gasteiger partial charge in [0.15, 0.2) is 0 Å². The lowest BCUT2D eigenvalue weighted by atomic mass is 8.48. The van der Waals surface area contributed by atoms with E-state index in [1.807, 2.05) is 6.42 Å². The van der Waals surface area contributed by atoms with Crippen molar-refractivity contribution in [3.63, 3.8) is 0 Å². The van der Waals surface area contributed by atoms with E-state index >= 15 is 0 Å². The molecule has 12 spiro atoms. The molecule has 0 aromatic heterocycles. The molecule has 0 radical (unpaired) electrons. The van der Waals surface area contributed by atoms with Crippen LogP contribution in [-0.2, 0) is 0 Å². The van der Waals surface area contributed by atoms with E-state index in [-0.39, 0.29) is 0 Å². The lowest BCUT2D eigenvalue weighted by Crippen LogP contribution is -3.52. The predicted octanol–water partition coefficient (Wildman–Crippen LogP) is 3.92. The van der Waals surface area contributed by atoms with Gasteiger partial charge in [0.25, 0.3) is 0 Å². The zero-order chi connectivity index (χ0) is 18.8. The van der Waals surface area contributed by atoms with Gasteiger partial charge in [0.1, 0.15) is 0 Å². The first-order valence-corrected chi connectivity index (χ1v) is 16.4. The van der Waals surface area contributed by atoms with Crippen LogP contribution < -0.4 is 0 Å². The van der Waals surface area contributed by atoms with E-state index in [9.17, 15) is 0 Å². The minimum atomic E-state index is 1.07. The summed E-state index contributed by atoms with van der Waals surface area (Å²) in [7, 11) is 0. The highest BCUT2D eigenvalue weighted by Gasteiger charge is 3.54. The fourth-order valence-electron chi connectivity index (χ4n) is 32.0. The molecule has 21 saturated carbocycles. The van der Waals surface area contributed by atoms with Crippen molar-refractivity contribution in [2.75, 3.05) is 0 Å². The van der Waals surface area contributed by atoms with E-state index in [0.29, 0.717) is 0 Å². The number of fused-ring (bicyclic) bond motifs is 8. The highest BCUT2D eigenvalue weighted by molar-refractivity contribution is 5.99. The molecule has 0 N–H and O–H groups in total. The SMILES string of the molecule is C1CC2C3C4CC5C6C7C8CC9C%10C%11C%12CC1C1C%13C%14C%12C%11%12C%10%11C98C78C67C45C34C21C%131C%14%12C%118C471. The minimum Gasteiger partial charge on any atom is -0.0498 e. The topological polar surface area (TPSA) is 0 Å². The predicted molar refractivity (Wildman–Crippen MR) is 108 cm³/mol. The Morgan fingerprint density at radius 1 is 0.364 bits per heavy atom. The summed E-state index contributed by atoms with van der Waals surface area (Å²) in [4.78, 5) is 0. The molecule has 0 amide bonds. The minimum absolute atomic E-state index is 1.07. The molecule has 0 nitrogen and oxygen atoms in total. The number of hydrogen-bond acceptors (Lipinski definition) is 0. The van der Waals surface area contributed by atoms with E-state index < -0.39 is 0 Å². The quantitative estimate of drug-likeness (QED) is 0.555. The third kappa shape index (κ3) is 0.308. The van der Waals surface area contributed by atoms with Gasteiger partial charge in [-0.1, -0.05) is 0 Å². The van der Waals surface area contributed by atoms with Crippen LogP contribution in [0, 0.1) is 160 Å². The summed E-state index contributed by atoms with van der Waals surface area (Å²) in [5.41, 5.74) is 13.3. The van der Waals surface area contributed by atoms with Crippen molar-refractivity contribution >= 4 is 0 Å². The van der Waals surface area contributed by atoms with E-state index in [0.717, 1.165) is 65.0 Å². The summed E-state index contributed by atoms with van der Waals surface area (Å²) in [5.74, 6) is 21.6. The van der Waals surface area contributed by atoms with Crippen molar-refractivity contribution in [1.29, 1.82) is 0 Å². The molecular weight excluding hydrogens is 396 g/mol. The van der Waals surface area contributed by atoms with Gasteiger partial charge in [-0.15, -0.1) is 0 Å². The zero-order valence-electron chi connectivity index (χ0n) is 18.8. The maximum absolute atomic E-state index is 1.81. The molecule has 0 aromatic carbocycles. The first-order chi connectivity index (χ1) is 16.4. The Bertz CT molecular complexity index is 1740. The Hall–Kier alpha value is 0. The first-order valence-electron chi connectivity index (χ1n) is 16.4. The van der Waals surface area contributed by atoms with Gasteiger partial charge < -0.3 is 0 Å². The van der Waals surface area contributed by atoms with Gasteiger partial charge in [0.05, 0.1) is 0 Å². The molecule has 33 heavy (non-hydrogen) atoms. The second kappa shape index (κ2) is 1.97. The summed E-state index contributed by atoms with van der Waals surface area (Å²) < 4.78 is 0. The third-order valence-electron chi connectivity index (χ3n) is 26.0. The molecular formula is C33H26. The molecule has 28 unspecified atom stereocenters. The van der Waals surface area contributed by atoms with Crippen LogP contribution in [0.3, 0.4) is 0 Å². The van der Waals surface area contributed by atoms with Crippen LogP contribution in [0.1, 0.15) is 32.1 Å². The van der Waals surface area contributed by atoms with Crippen LogP contribution in [0.25, 0.3) is 0 Å². The maximum atomic E-state index is 1.81. The van der Waals surface area contributed by atoms with E-state index in [4.69, 9.17) is 0 Å². The van der Waals surface area contributed by atoms with Gasteiger partial charge >= 0.3 is 0 Å². The fourth-order valence-corrected chi connectivity index (χ4v) is 32.0. The molecule has 21 rings (SSSR count). The average Bonchev–Trinajstić information content (AvgIpc) is 2.72. The molecule has 0 heteroatoms. The zero-order valence-corrected chi connectivity index (χ0v) is 18.8. The van der Waals surface area contributed by atoms with Crippen LogP contribution in [0.4, 0.5) is 0 Å². The van der Waals surface area contributed by atoms with Crippen molar-refractivity contribution < 1.29 is 0 Å². The normalized spacial score (nSPS) is 126. The Kier molecular flexibility index (Phi) is 0.717. The van der Waals surface area contributed by atoms with Crippen LogP contribution in [0.5, 0.6) is 0 Å². The second-order valence-corrected chi connectivity index (χ2v) is 20.3. The smallest absolute Gasteiger partial charge is 0.00108 e. The Morgan fingerprint density at radius 3 is 1.73 bits per heavy atom. The van der Waals surface area contributed by atoms with Crippen molar-refractivity contribution in [3.05, 3.63) is 0 Å². The number of hydrogen-bond donors (Lipinski definition) is 0. The highest BCUT2D eigenvalue weighted by Crippen LogP contribution is 3.56. The lowest BCUT2D eigenvalue weighted by molar-refractivity contribution is -1.09. The molecule has 0 aliphatic heterocycles. The Morgan fingerprint density at radius 2 is 0.939 bits per heavy atom. The Labute approximate surface area is 191 Å². The van der Waals surface area contributed by atoms with Crippen molar-refractivity contribution in [2.45, 2.75) is 32.1 Å². The molecule has 0 saturated heterocycles. The van der Waals surface area contributed by atoms with Crippen LogP contribution in [0.2, 0.25) is 0 Å². The molecule has 158 valence electrons. The monoisotopic (exact) mass is 422 g/mol. The van der Waals surface area contributed by atoms with Gasteiger partial charge in [-0.3, -0.25) is 0 Å². The maximum Gasteiger partial charge on any atom is -0.00108 e. The number of rotatable bonds is 0. The summed E-state index contributed by atoms with van der Waals surface area (Å²) in [6.07, 6.45) is 8.92. The molecule has 28 atom stereocenters. The van der Waals surface area contributed by atoms with Crippen molar-refractivity contribution in [3.8, 4) is 0 Å². The average molecular weight is 423 g/mol. The summed E-state index contributed by atoms with van der Waals surface area (Å²) in [5, 5.41) is 0.